The molecule has 0 spiro atoms. The van der Waals surface area contributed by atoms with E-state index in [1.807, 2.05) is 0 Å². The Kier molecular flexibility index (Phi) is 4.43. The van der Waals surface area contributed by atoms with Gasteiger partial charge in [-0.1, -0.05) is 0 Å². The highest BCUT2D eigenvalue weighted by molar-refractivity contribution is 4.71. The van der Waals surface area contributed by atoms with Crippen molar-refractivity contribution in [3.63, 3.8) is 0 Å². The number of hydrogen-bond acceptors (Lipinski definition) is 1. The average Bonchev–Trinajstić information content (AvgIpc) is 2.15. The van der Waals surface area contributed by atoms with Crippen molar-refractivity contribution >= 4 is 0 Å². The van der Waals surface area contributed by atoms with E-state index >= 15 is 0 Å². The van der Waals surface area contributed by atoms with Gasteiger partial charge in [0.05, 0.1) is 0 Å². The number of rotatable bonds is 2. The molecule has 1 aliphatic rings. The van der Waals surface area contributed by atoms with Crippen molar-refractivity contribution in [2.24, 2.45) is 5.92 Å². The molecule has 1 N–H and O–H groups in total. The summed E-state index contributed by atoms with van der Waals surface area (Å²) < 4.78 is 23.3. The molecule has 1 unspecified atom stereocenters. The van der Waals surface area contributed by atoms with Crippen molar-refractivity contribution in [2.45, 2.75) is 19.3 Å². The van der Waals surface area contributed by atoms with Gasteiger partial charge in [-0.2, -0.15) is 0 Å². The first-order chi connectivity index (χ1) is 4.29. The summed E-state index contributed by atoms with van der Waals surface area (Å²) in [5.41, 5.74) is 0. The Hall–Kier alpha value is -0.250. The summed E-state index contributed by atoms with van der Waals surface area (Å²) in [6.45, 7) is 1.70. The zero-order chi connectivity index (χ0) is 6.69. The fraction of sp³-hybridized carbons (Fsp3) is 1.00. The molecule has 0 aliphatic carbocycles. The Morgan fingerprint density at radius 2 is 2.20 bits per heavy atom. The van der Waals surface area contributed by atoms with Gasteiger partial charge in [-0.3, -0.25) is 4.70 Å². The molecule has 1 fully saturated rings. The van der Waals surface area contributed by atoms with E-state index in [1.54, 1.807) is 0 Å². The maximum absolute atomic E-state index is 11.7. The van der Waals surface area contributed by atoms with E-state index in [4.69, 9.17) is 0 Å². The third-order valence-electron chi connectivity index (χ3n) is 1.67. The first-order valence-electron chi connectivity index (χ1n) is 3.28. The summed E-state index contributed by atoms with van der Waals surface area (Å²) in [4.78, 5) is 0. The standard InChI is InChI=1S/C6H11F2N.FH/c7-6(8)3-5-1-2-9-4-5;/h5-6,9H,1-4H2;1H. The Morgan fingerprint density at radius 3 is 2.60 bits per heavy atom. The molecule has 1 heterocycles. The number of alkyl halides is 2. The molecule has 0 aromatic rings. The average molecular weight is 155 g/mol. The summed E-state index contributed by atoms with van der Waals surface area (Å²) in [6.07, 6.45) is -1.12. The minimum Gasteiger partial charge on any atom is -0.316 e. The molecule has 0 aromatic heterocycles. The summed E-state index contributed by atoms with van der Waals surface area (Å²) >= 11 is 0. The van der Waals surface area contributed by atoms with Crippen LogP contribution in [0.5, 0.6) is 0 Å². The first kappa shape index (κ1) is 9.75. The molecule has 4 heteroatoms. The van der Waals surface area contributed by atoms with E-state index in [9.17, 15) is 8.78 Å². The van der Waals surface area contributed by atoms with Gasteiger partial charge in [0.2, 0.25) is 6.43 Å². The fourth-order valence-corrected chi connectivity index (χ4v) is 1.17. The van der Waals surface area contributed by atoms with Crippen molar-refractivity contribution in [3.8, 4) is 0 Å². The highest BCUT2D eigenvalue weighted by Crippen LogP contribution is 2.16. The predicted molar refractivity (Wildman–Crippen MR) is 34.1 cm³/mol. The van der Waals surface area contributed by atoms with Gasteiger partial charge in [-0.05, 0) is 25.4 Å². The van der Waals surface area contributed by atoms with Crippen LogP contribution in [0.3, 0.4) is 0 Å². The Labute approximate surface area is 58.2 Å². The largest absolute Gasteiger partial charge is 0.316 e. The number of halogens is 3. The minimum atomic E-state index is -2.12. The van der Waals surface area contributed by atoms with Crippen molar-refractivity contribution in [3.05, 3.63) is 0 Å². The molecule has 62 valence electrons. The van der Waals surface area contributed by atoms with E-state index in [0.717, 1.165) is 19.5 Å². The molecular weight excluding hydrogens is 143 g/mol. The van der Waals surface area contributed by atoms with E-state index in [1.165, 1.54) is 0 Å². The van der Waals surface area contributed by atoms with Crippen LogP contribution in [0.1, 0.15) is 12.8 Å². The van der Waals surface area contributed by atoms with Crippen LogP contribution in [-0.2, 0) is 0 Å². The normalized spacial score (nSPS) is 24.9. The molecule has 0 radical (unpaired) electrons. The van der Waals surface area contributed by atoms with E-state index in [-0.39, 0.29) is 17.0 Å². The molecule has 1 rings (SSSR count). The Balaban J connectivity index is 0.000000810. The predicted octanol–water partition coefficient (Wildman–Crippen LogP) is 1.40. The van der Waals surface area contributed by atoms with Crippen LogP contribution in [0.15, 0.2) is 0 Å². The molecule has 0 saturated carbocycles. The lowest BCUT2D eigenvalue weighted by Crippen LogP contribution is -2.11. The van der Waals surface area contributed by atoms with Gasteiger partial charge in [-0.15, -0.1) is 0 Å². The molecule has 1 aliphatic heterocycles. The minimum absolute atomic E-state index is 0. The van der Waals surface area contributed by atoms with Crippen molar-refractivity contribution < 1.29 is 13.5 Å². The fourth-order valence-electron chi connectivity index (χ4n) is 1.17. The monoisotopic (exact) mass is 155 g/mol. The van der Waals surface area contributed by atoms with Gasteiger partial charge in [0.25, 0.3) is 0 Å². The van der Waals surface area contributed by atoms with Crippen LogP contribution in [0.4, 0.5) is 13.5 Å². The molecule has 0 aromatic carbocycles. The van der Waals surface area contributed by atoms with Crippen molar-refractivity contribution in [2.75, 3.05) is 13.1 Å². The highest BCUT2D eigenvalue weighted by atomic mass is 19.3. The van der Waals surface area contributed by atoms with E-state index < -0.39 is 6.43 Å². The van der Waals surface area contributed by atoms with Crippen molar-refractivity contribution in [1.29, 1.82) is 0 Å². The maximum atomic E-state index is 11.7. The van der Waals surface area contributed by atoms with Crippen LogP contribution in [0, 0.1) is 5.92 Å². The third-order valence-corrected chi connectivity index (χ3v) is 1.67. The topological polar surface area (TPSA) is 12.0 Å². The van der Waals surface area contributed by atoms with Crippen LogP contribution in [0.2, 0.25) is 0 Å². The smallest absolute Gasteiger partial charge is 0.238 e. The summed E-state index contributed by atoms with van der Waals surface area (Å²) in [6, 6.07) is 0. The second-order valence-corrected chi connectivity index (χ2v) is 2.49. The Bertz CT molecular complexity index is 81.1. The van der Waals surface area contributed by atoms with Gasteiger partial charge in [0.1, 0.15) is 0 Å². The SMILES string of the molecule is F.FC(F)CC1CCNC1. The van der Waals surface area contributed by atoms with E-state index in [0.29, 0.717) is 0 Å². The van der Waals surface area contributed by atoms with E-state index in [2.05, 4.69) is 5.32 Å². The van der Waals surface area contributed by atoms with Crippen LogP contribution < -0.4 is 5.32 Å². The molecule has 10 heavy (non-hydrogen) atoms. The van der Waals surface area contributed by atoms with Crippen LogP contribution >= 0.6 is 0 Å². The second kappa shape index (κ2) is 4.55. The lowest BCUT2D eigenvalue weighted by molar-refractivity contribution is 0.118. The summed E-state index contributed by atoms with van der Waals surface area (Å²) in [5.74, 6) is 0.227. The zero-order valence-corrected chi connectivity index (χ0v) is 5.65. The van der Waals surface area contributed by atoms with Gasteiger partial charge in [-0.25, -0.2) is 8.78 Å². The number of nitrogens with one attached hydrogen (secondary N) is 1. The molecule has 1 atom stereocenters. The maximum Gasteiger partial charge on any atom is 0.238 e. The van der Waals surface area contributed by atoms with Crippen molar-refractivity contribution in [1.82, 2.24) is 5.32 Å². The molecular formula is C6H12F3N. The van der Waals surface area contributed by atoms with Gasteiger partial charge < -0.3 is 5.32 Å². The summed E-state index contributed by atoms with van der Waals surface area (Å²) in [7, 11) is 0. The van der Waals surface area contributed by atoms with Gasteiger partial charge in [0, 0.05) is 6.42 Å². The highest BCUT2D eigenvalue weighted by Gasteiger charge is 2.18. The Morgan fingerprint density at radius 1 is 1.50 bits per heavy atom. The van der Waals surface area contributed by atoms with Gasteiger partial charge in [0.15, 0.2) is 0 Å². The van der Waals surface area contributed by atoms with Gasteiger partial charge >= 0.3 is 0 Å². The first-order valence-corrected chi connectivity index (χ1v) is 3.28. The number of hydrogen-bond donors (Lipinski definition) is 1. The second-order valence-electron chi connectivity index (χ2n) is 2.49. The molecule has 1 saturated heterocycles. The quantitative estimate of drug-likeness (QED) is 0.635. The summed E-state index contributed by atoms with van der Waals surface area (Å²) in [5, 5.41) is 3.04. The lowest BCUT2D eigenvalue weighted by Gasteiger charge is -2.04. The van der Waals surface area contributed by atoms with Crippen LogP contribution in [-0.4, -0.2) is 19.5 Å². The van der Waals surface area contributed by atoms with Crippen LogP contribution in [0.25, 0.3) is 0 Å². The third kappa shape index (κ3) is 3.06. The zero-order valence-electron chi connectivity index (χ0n) is 5.65. The lowest BCUT2D eigenvalue weighted by atomic mass is 10.1. The molecule has 0 amide bonds. The molecule has 0 bridgehead atoms. The molecule has 1 nitrogen and oxygen atoms in total.